The first-order valence-electron chi connectivity index (χ1n) is 10.5. The molecule has 0 spiro atoms. The smallest absolute Gasteiger partial charge is 0.243 e. The topological polar surface area (TPSA) is 94.5 Å². The first kappa shape index (κ1) is 23.9. The van der Waals surface area contributed by atoms with E-state index in [-0.39, 0.29) is 30.9 Å². The molecule has 10 heteroatoms. The molecule has 1 amide bonds. The number of likely N-dealkylation sites (N-methyl/N-ethyl adjacent to an activating group) is 1. The molecule has 2 fully saturated rings. The highest BCUT2D eigenvalue weighted by Crippen LogP contribution is 2.18. The number of guanidine groups is 1. The number of piperazine rings is 1. The van der Waals surface area contributed by atoms with Gasteiger partial charge in [-0.2, -0.15) is 4.31 Å². The summed E-state index contributed by atoms with van der Waals surface area (Å²) in [4.78, 5) is 20.1. The van der Waals surface area contributed by atoms with Crippen molar-refractivity contribution in [2.45, 2.75) is 51.7 Å². The zero-order chi connectivity index (χ0) is 21.4. The molecule has 0 atom stereocenters. The maximum atomic E-state index is 12.5. The molecule has 1 saturated carbocycles. The Morgan fingerprint density at radius 3 is 2.34 bits per heavy atom. The predicted octanol–water partition coefficient (Wildman–Crippen LogP) is 0.335. The zero-order valence-corrected chi connectivity index (χ0v) is 19.1. The van der Waals surface area contributed by atoms with E-state index in [1.165, 1.54) is 22.0 Å². The summed E-state index contributed by atoms with van der Waals surface area (Å²) in [6.45, 7) is 6.02. The van der Waals surface area contributed by atoms with Gasteiger partial charge in [-0.1, -0.05) is 12.8 Å². The third-order valence-corrected chi connectivity index (χ3v) is 7.11. The molecular weight excluding hydrogens is 394 g/mol. The van der Waals surface area contributed by atoms with Crippen molar-refractivity contribution in [1.29, 1.82) is 0 Å². The van der Waals surface area contributed by atoms with Gasteiger partial charge in [0, 0.05) is 46.3 Å². The van der Waals surface area contributed by atoms with Gasteiger partial charge < -0.3 is 19.9 Å². The molecule has 0 radical (unpaired) electrons. The average Bonchev–Trinajstić information content (AvgIpc) is 3.17. The lowest BCUT2D eigenvalue weighted by atomic mass is 10.2. The number of hydrogen-bond acceptors (Lipinski definition) is 5. The number of sulfonamides is 1. The molecule has 0 unspecified atom stereocenters. The van der Waals surface area contributed by atoms with E-state index in [2.05, 4.69) is 15.2 Å². The Kier molecular flexibility index (Phi) is 9.16. The van der Waals surface area contributed by atoms with Crippen LogP contribution in [0.1, 0.15) is 39.5 Å². The fourth-order valence-electron chi connectivity index (χ4n) is 3.47. The van der Waals surface area contributed by atoms with Crippen LogP contribution in [-0.4, -0.2) is 106 Å². The molecule has 0 aromatic heterocycles. The maximum absolute atomic E-state index is 12.5. The van der Waals surface area contributed by atoms with Gasteiger partial charge in [-0.05, 0) is 26.7 Å². The quantitative estimate of drug-likeness (QED) is 0.440. The molecule has 1 heterocycles. The minimum absolute atomic E-state index is 0.00376. The molecule has 0 aromatic carbocycles. The Bertz CT molecular complexity index is 652. The minimum Gasteiger partial charge on any atom is -0.378 e. The standard InChI is InChI=1S/C19H37N5O4S/c1-16(2)28-13-14-29(26,27)24-11-9-23(10-12-24)19(20-15-18(25)22(3)4)21-17-7-5-6-8-17/h16-17H,5-15H2,1-4H3,(H,20,21). The lowest BCUT2D eigenvalue weighted by molar-refractivity contribution is -0.127. The van der Waals surface area contributed by atoms with Gasteiger partial charge in [-0.15, -0.1) is 0 Å². The molecule has 0 aromatic rings. The molecule has 9 nitrogen and oxygen atoms in total. The Hall–Kier alpha value is -1.39. The van der Waals surface area contributed by atoms with Crippen molar-refractivity contribution in [3.63, 3.8) is 0 Å². The lowest BCUT2D eigenvalue weighted by Gasteiger charge is -2.36. The molecule has 1 saturated heterocycles. The first-order chi connectivity index (χ1) is 13.7. The number of nitrogens with zero attached hydrogens (tertiary/aromatic N) is 4. The zero-order valence-electron chi connectivity index (χ0n) is 18.3. The van der Waals surface area contributed by atoms with Crippen LogP contribution in [0.4, 0.5) is 0 Å². The van der Waals surface area contributed by atoms with Crippen molar-refractivity contribution in [3.05, 3.63) is 0 Å². The fourth-order valence-corrected chi connectivity index (χ4v) is 4.75. The highest BCUT2D eigenvalue weighted by Gasteiger charge is 2.29. The SMILES string of the molecule is CC(C)OCCS(=O)(=O)N1CCN(C(=NCC(=O)N(C)C)NC2CCCC2)CC1. The van der Waals surface area contributed by atoms with Crippen LogP contribution in [0.5, 0.6) is 0 Å². The van der Waals surface area contributed by atoms with Crippen LogP contribution in [0, 0.1) is 0 Å². The van der Waals surface area contributed by atoms with E-state index in [0.29, 0.717) is 38.2 Å². The van der Waals surface area contributed by atoms with Gasteiger partial charge in [0.15, 0.2) is 5.96 Å². The number of carbonyl (C=O) groups is 1. The predicted molar refractivity (Wildman–Crippen MR) is 114 cm³/mol. The van der Waals surface area contributed by atoms with Crippen molar-refractivity contribution in [3.8, 4) is 0 Å². The molecule has 1 N–H and O–H groups in total. The molecule has 2 rings (SSSR count). The molecule has 0 bridgehead atoms. The molecule has 2 aliphatic rings. The molecule has 1 aliphatic carbocycles. The van der Waals surface area contributed by atoms with Crippen molar-refractivity contribution in [2.24, 2.45) is 4.99 Å². The third kappa shape index (κ3) is 7.75. The van der Waals surface area contributed by atoms with Crippen LogP contribution >= 0.6 is 0 Å². The Balaban J connectivity index is 1.95. The summed E-state index contributed by atoms with van der Waals surface area (Å²) in [7, 11) is 0.107. The van der Waals surface area contributed by atoms with Gasteiger partial charge in [0.25, 0.3) is 0 Å². The van der Waals surface area contributed by atoms with Crippen LogP contribution in [-0.2, 0) is 19.6 Å². The van der Waals surface area contributed by atoms with E-state index in [0.717, 1.165) is 12.8 Å². The Morgan fingerprint density at radius 1 is 1.17 bits per heavy atom. The van der Waals surface area contributed by atoms with Crippen molar-refractivity contribution in [1.82, 2.24) is 19.4 Å². The van der Waals surface area contributed by atoms with E-state index in [4.69, 9.17) is 4.74 Å². The maximum Gasteiger partial charge on any atom is 0.243 e. The minimum atomic E-state index is -3.33. The summed E-state index contributed by atoms with van der Waals surface area (Å²) in [6, 6.07) is 0.373. The second-order valence-corrected chi connectivity index (χ2v) is 10.3. The Morgan fingerprint density at radius 2 is 1.79 bits per heavy atom. The van der Waals surface area contributed by atoms with Gasteiger partial charge in [-0.25, -0.2) is 13.4 Å². The second kappa shape index (κ2) is 11.1. The van der Waals surface area contributed by atoms with Crippen LogP contribution < -0.4 is 5.32 Å². The normalized spacial score (nSPS) is 19.8. The third-order valence-electron chi connectivity index (χ3n) is 5.28. The van der Waals surface area contributed by atoms with Crippen molar-refractivity contribution in [2.75, 3.05) is 59.2 Å². The van der Waals surface area contributed by atoms with E-state index in [9.17, 15) is 13.2 Å². The van der Waals surface area contributed by atoms with Crippen LogP contribution in [0.15, 0.2) is 4.99 Å². The molecular formula is C19H37N5O4S. The average molecular weight is 432 g/mol. The summed E-state index contributed by atoms with van der Waals surface area (Å²) in [5.41, 5.74) is 0. The first-order valence-corrected chi connectivity index (χ1v) is 12.2. The second-order valence-electron chi connectivity index (χ2n) is 8.18. The van der Waals surface area contributed by atoms with E-state index < -0.39 is 10.0 Å². The van der Waals surface area contributed by atoms with Crippen molar-refractivity contribution >= 4 is 21.9 Å². The summed E-state index contributed by atoms with van der Waals surface area (Å²) in [5.74, 6) is 0.665. The van der Waals surface area contributed by atoms with E-state index >= 15 is 0 Å². The van der Waals surface area contributed by atoms with Gasteiger partial charge >= 0.3 is 0 Å². The van der Waals surface area contributed by atoms with Crippen LogP contribution in [0.3, 0.4) is 0 Å². The summed E-state index contributed by atoms with van der Waals surface area (Å²) >= 11 is 0. The van der Waals surface area contributed by atoms with E-state index in [1.807, 2.05) is 13.8 Å². The van der Waals surface area contributed by atoms with E-state index in [1.54, 1.807) is 14.1 Å². The Labute approximate surface area is 175 Å². The number of hydrogen-bond donors (Lipinski definition) is 1. The van der Waals surface area contributed by atoms with Gasteiger partial charge in [0.2, 0.25) is 15.9 Å². The number of ether oxygens (including phenoxy) is 1. The summed E-state index contributed by atoms with van der Waals surface area (Å²) in [5, 5.41) is 3.50. The number of amides is 1. The number of nitrogens with one attached hydrogen (secondary N) is 1. The van der Waals surface area contributed by atoms with Gasteiger partial charge in [0.05, 0.1) is 18.5 Å². The monoisotopic (exact) mass is 431 g/mol. The molecule has 29 heavy (non-hydrogen) atoms. The fraction of sp³-hybridized carbons (Fsp3) is 0.895. The highest BCUT2D eigenvalue weighted by atomic mass is 32.2. The lowest BCUT2D eigenvalue weighted by Crippen LogP contribution is -2.55. The highest BCUT2D eigenvalue weighted by molar-refractivity contribution is 7.89. The summed E-state index contributed by atoms with van der Waals surface area (Å²) < 4.78 is 32.0. The van der Waals surface area contributed by atoms with Gasteiger partial charge in [-0.3, -0.25) is 4.79 Å². The number of aliphatic imine (C=N–C) groups is 1. The summed E-state index contributed by atoms with van der Waals surface area (Å²) in [6.07, 6.45) is 4.63. The number of carbonyl (C=O) groups excluding carboxylic acids is 1. The number of rotatable bonds is 8. The van der Waals surface area contributed by atoms with Crippen LogP contribution in [0.25, 0.3) is 0 Å². The largest absolute Gasteiger partial charge is 0.378 e. The van der Waals surface area contributed by atoms with Crippen LogP contribution in [0.2, 0.25) is 0 Å². The molecule has 168 valence electrons. The molecule has 1 aliphatic heterocycles. The van der Waals surface area contributed by atoms with Crippen molar-refractivity contribution < 1.29 is 17.9 Å². The van der Waals surface area contributed by atoms with Gasteiger partial charge in [0.1, 0.15) is 6.54 Å².